The molecule has 0 aromatic carbocycles. The lowest BCUT2D eigenvalue weighted by Gasteiger charge is -2.39. The van der Waals surface area contributed by atoms with Crippen molar-refractivity contribution in [2.24, 2.45) is 0 Å². The highest BCUT2D eigenvalue weighted by atomic mass is 16.4. The predicted molar refractivity (Wildman–Crippen MR) is 65.7 cm³/mol. The van der Waals surface area contributed by atoms with Gasteiger partial charge in [-0.2, -0.15) is 0 Å². The van der Waals surface area contributed by atoms with Gasteiger partial charge >= 0.3 is 5.97 Å². The Morgan fingerprint density at radius 3 is 2.18 bits per heavy atom. The van der Waals surface area contributed by atoms with Crippen molar-refractivity contribution in [1.29, 1.82) is 0 Å². The van der Waals surface area contributed by atoms with Crippen molar-refractivity contribution >= 4 is 12.4 Å². The van der Waals surface area contributed by atoms with E-state index in [-0.39, 0.29) is 0 Å². The normalized spacial score (nSPS) is 20.1. The molecule has 0 bridgehead atoms. The van der Waals surface area contributed by atoms with Crippen molar-refractivity contribution in [3.05, 3.63) is 0 Å². The van der Waals surface area contributed by atoms with Crippen molar-refractivity contribution in [2.75, 3.05) is 6.54 Å². The summed E-state index contributed by atoms with van der Waals surface area (Å²) >= 11 is 0. The summed E-state index contributed by atoms with van der Waals surface area (Å²) in [7, 11) is 0. The van der Waals surface area contributed by atoms with Crippen LogP contribution < -0.4 is 0 Å². The highest BCUT2D eigenvalue weighted by molar-refractivity contribution is 5.81. The molecule has 0 aromatic heterocycles. The monoisotopic (exact) mass is 241 g/mol. The standard InChI is InChI=1S/C13H23NO3/c1-2-10-14(11-15)13(12(16)17)8-6-4-3-5-7-9-13/h11H,2-10H2,1H3,(H,16,17). The predicted octanol–water partition coefficient (Wildman–Crippen LogP) is 2.42. The molecule has 0 saturated heterocycles. The van der Waals surface area contributed by atoms with Gasteiger partial charge in [0.2, 0.25) is 6.41 Å². The molecule has 4 nitrogen and oxygen atoms in total. The maximum Gasteiger partial charge on any atom is 0.329 e. The Kier molecular flexibility index (Phi) is 5.45. The number of amides is 1. The van der Waals surface area contributed by atoms with E-state index in [0.717, 1.165) is 38.5 Å². The fraction of sp³-hybridized carbons (Fsp3) is 0.846. The summed E-state index contributed by atoms with van der Waals surface area (Å²) < 4.78 is 0. The number of carboxylic acids is 1. The van der Waals surface area contributed by atoms with Crippen LogP contribution in [0.4, 0.5) is 0 Å². The Labute approximate surface area is 103 Å². The average Bonchev–Trinajstić information content (AvgIpc) is 2.26. The summed E-state index contributed by atoms with van der Waals surface area (Å²) in [6.07, 6.45) is 7.86. The quantitative estimate of drug-likeness (QED) is 0.752. The van der Waals surface area contributed by atoms with Gasteiger partial charge in [0, 0.05) is 6.54 Å². The lowest BCUT2D eigenvalue weighted by Crippen LogP contribution is -2.54. The lowest BCUT2D eigenvalue weighted by molar-refractivity contribution is -0.157. The van der Waals surface area contributed by atoms with E-state index in [9.17, 15) is 14.7 Å². The van der Waals surface area contributed by atoms with Gasteiger partial charge in [0.25, 0.3) is 0 Å². The number of aliphatic carboxylic acids is 1. The molecule has 17 heavy (non-hydrogen) atoms. The smallest absolute Gasteiger partial charge is 0.329 e. The minimum Gasteiger partial charge on any atom is -0.479 e. The molecule has 0 aromatic rings. The second-order valence-electron chi connectivity index (χ2n) is 4.90. The van der Waals surface area contributed by atoms with Crippen LogP contribution in [0.1, 0.15) is 58.3 Å². The molecule has 0 radical (unpaired) electrons. The van der Waals surface area contributed by atoms with Gasteiger partial charge in [-0.05, 0) is 19.3 Å². The number of carbonyl (C=O) groups excluding carboxylic acids is 1. The minimum atomic E-state index is -0.946. The SMILES string of the molecule is CCCN(C=O)C1(C(=O)O)CCCCCCC1. The largest absolute Gasteiger partial charge is 0.479 e. The van der Waals surface area contributed by atoms with Crippen LogP contribution in [0.5, 0.6) is 0 Å². The first kappa shape index (κ1) is 14.0. The Balaban J connectivity index is 2.90. The van der Waals surface area contributed by atoms with Crippen LogP contribution in [0.3, 0.4) is 0 Å². The topological polar surface area (TPSA) is 57.6 Å². The van der Waals surface area contributed by atoms with Crippen molar-refractivity contribution in [3.63, 3.8) is 0 Å². The molecule has 98 valence electrons. The summed E-state index contributed by atoms with van der Waals surface area (Å²) in [5, 5.41) is 9.53. The third-order valence-corrected chi connectivity index (χ3v) is 3.72. The van der Waals surface area contributed by atoms with Crippen molar-refractivity contribution in [2.45, 2.75) is 63.8 Å². The van der Waals surface area contributed by atoms with E-state index in [2.05, 4.69) is 0 Å². The van der Waals surface area contributed by atoms with Gasteiger partial charge in [-0.1, -0.05) is 39.0 Å². The molecular formula is C13H23NO3. The summed E-state index contributed by atoms with van der Waals surface area (Å²) in [6.45, 7) is 2.50. The molecule has 4 heteroatoms. The van der Waals surface area contributed by atoms with E-state index in [0.29, 0.717) is 19.4 Å². The molecule has 0 spiro atoms. The first-order chi connectivity index (χ1) is 8.17. The minimum absolute atomic E-state index is 0.538. The average molecular weight is 241 g/mol. The second-order valence-corrected chi connectivity index (χ2v) is 4.90. The van der Waals surface area contributed by atoms with Gasteiger partial charge in [0.1, 0.15) is 5.54 Å². The van der Waals surface area contributed by atoms with Crippen LogP contribution in [0.2, 0.25) is 0 Å². The third kappa shape index (κ3) is 3.20. The third-order valence-electron chi connectivity index (χ3n) is 3.72. The Bertz CT molecular complexity index is 257. The molecule has 1 aliphatic rings. The van der Waals surface area contributed by atoms with Gasteiger partial charge < -0.3 is 10.0 Å². The fourth-order valence-electron chi connectivity index (χ4n) is 2.72. The van der Waals surface area contributed by atoms with Gasteiger partial charge in [-0.3, -0.25) is 4.79 Å². The highest BCUT2D eigenvalue weighted by Crippen LogP contribution is 2.31. The number of nitrogens with zero attached hydrogens (tertiary/aromatic N) is 1. The van der Waals surface area contributed by atoms with Crippen LogP contribution >= 0.6 is 0 Å². The second kappa shape index (κ2) is 6.62. The lowest BCUT2D eigenvalue weighted by atomic mass is 9.82. The molecule has 1 saturated carbocycles. The molecule has 1 rings (SSSR count). The van der Waals surface area contributed by atoms with Gasteiger partial charge in [-0.15, -0.1) is 0 Å². The van der Waals surface area contributed by atoms with Gasteiger partial charge in [-0.25, -0.2) is 4.79 Å². The molecular weight excluding hydrogens is 218 g/mol. The van der Waals surface area contributed by atoms with Crippen molar-refractivity contribution < 1.29 is 14.7 Å². The first-order valence-corrected chi connectivity index (χ1v) is 6.63. The van der Waals surface area contributed by atoms with Crippen molar-refractivity contribution in [3.8, 4) is 0 Å². The van der Waals surface area contributed by atoms with E-state index in [1.54, 1.807) is 0 Å². The number of carbonyl (C=O) groups is 2. The number of rotatable bonds is 5. The zero-order valence-electron chi connectivity index (χ0n) is 10.7. The summed E-state index contributed by atoms with van der Waals surface area (Å²) in [4.78, 5) is 24.3. The van der Waals surface area contributed by atoms with Crippen molar-refractivity contribution in [1.82, 2.24) is 4.90 Å². The first-order valence-electron chi connectivity index (χ1n) is 6.63. The van der Waals surface area contributed by atoms with Crippen LogP contribution in [0.25, 0.3) is 0 Å². The van der Waals surface area contributed by atoms with E-state index >= 15 is 0 Å². The molecule has 0 unspecified atom stereocenters. The summed E-state index contributed by atoms with van der Waals surface area (Å²) in [5.41, 5.74) is -0.946. The fourth-order valence-corrected chi connectivity index (χ4v) is 2.72. The highest BCUT2D eigenvalue weighted by Gasteiger charge is 2.42. The molecule has 1 amide bonds. The van der Waals surface area contributed by atoms with Gasteiger partial charge in [0.05, 0.1) is 0 Å². The van der Waals surface area contributed by atoms with E-state index < -0.39 is 11.5 Å². The van der Waals surface area contributed by atoms with Crippen LogP contribution in [0, 0.1) is 0 Å². The molecule has 1 fully saturated rings. The van der Waals surface area contributed by atoms with Crippen LogP contribution in [-0.4, -0.2) is 34.5 Å². The summed E-state index contributed by atoms with van der Waals surface area (Å²) in [5.74, 6) is -0.833. The number of carboxylic acid groups (broad SMARTS) is 1. The maximum atomic E-state index is 11.6. The molecule has 1 N–H and O–H groups in total. The van der Waals surface area contributed by atoms with Crippen LogP contribution in [0.15, 0.2) is 0 Å². The van der Waals surface area contributed by atoms with E-state index in [1.165, 1.54) is 11.3 Å². The maximum absolute atomic E-state index is 11.6. The molecule has 0 aliphatic heterocycles. The zero-order valence-corrected chi connectivity index (χ0v) is 10.7. The molecule has 1 aliphatic carbocycles. The Morgan fingerprint density at radius 2 is 1.76 bits per heavy atom. The zero-order chi connectivity index (χ0) is 12.7. The van der Waals surface area contributed by atoms with E-state index in [1.807, 2.05) is 6.92 Å². The Hall–Kier alpha value is -1.06. The summed E-state index contributed by atoms with van der Waals surface area (Å²) in [6, 6.07) is 0. The molecule has 0 heterocycles. The van der Waals surface area contributed by atoms with Crippen LogP contribution in [-0.2, 0) is 9.59 Å². The number of hydrogen-bond acceptors (Lipinski definition) is 2. The molecule has 0 atom stereocenters. The van der Waals surface area contributed by atoms with E-state index in [4.69, 9.17) is 0 Å². The van der Waals surface area contributed by atoms with Gasteiger partial charge in [0.15, 0.2) is 0 Å². The number of hydrogen-bond donors (Lipinski definition) is 1. The Morgan fingerprint density at radius 1 is 1.24 bits per heavy atom.